The fourth-order valence-corrected chi connectivity index (χ4v) is 2.18. The monoisotopic (exact) mass is 163 g/mol. The molecule has 1 saturated heterocycles. The second-order valence-corrected chi connectivity index (χ2v) is 3.49. The number of hydrogen-bond donors (Lipinski definition) is 1. The lowest BCUT2D eigenvalue weighted by Gasteiger charge is -2.18. The van der Waals surface area contributed by atoms with Gasteiger partial charge in [0.05, 0.1) is 5.75 Å². The van der Waals surface area contributed by atoms with E-state index in [0.717, 1.165) is 5.75 Å². The molecule has 0 spiro atoms. The summed E-state index contributed by atoms with van der Waals surface area (Å²) in [6, 6.07) is 0.390. The maximum Gasteiger partial charge on any atom is 0.144 e. The summed E-state index contributed by atoms with van der Waals surface area (Å²) in [6.07, 6.45) is 0.705. The van der Waals surface area contributed by atoms with Crippen LogP contribution in [0.5, 0.6) is 0 Å². The van der Waals surface area contributed by atoms with Gasteiger partial charge in [0, 0.05) is 18.2 Å². The molecule has 0 bridgehead atoms. The smallest absolute Gasteiger partial charge is 0.144 e. The average Bonchev–Trinajstić information content (AvgIpc) is 1.88. The van der Waals surface area contributed by atoms with Crippen LogP contribution in [0.25, 0.3) is 0 Å². The first-order chi connectivity index (χ1) is 4.33. The van der Waals surface area contributed by atoms with Crippen LogP contribution in [0.4, 0.5) is 0 Å². The lowest BCUT2D eigenvalue weighted by molar-refractivity contribution is -0.117. The van der Waals surface area contributed by atoms with Gasteiger partial charge in [-0.1, -0.05) is 9.39 Å². The van der Waals surface area contributed by atoms with Gasteiger partial charge in [-0.25, -0.2) is 0 Å². The number of nitrogens with one attached hydrogen (secondary N) is 1. The topological polar surface area (TPSA) is 29.1 Å². The maximum absolute atomic E-state index is 10.8. The van der Waals surface area contributed by atoms with Crippen molar-refractivity contribution in [1.82, 2.24) is 5.09 Å². The highest BCUT2D eigenvalue weighted by Gasteiger charge is 2.17. The van der Waals surface area contributed by atoms with E-state index < -0.39 is 0 Å². The first kappa shape index (κ1) is 7.52. The van der Waals surface area contributed by atoms with Crippen LogP contribution in [0.2, 0.25) is 0 Å². The molecule has 0 aromatic rings. The molecule has 0 aromatic carbocycles. The van der Waals surface area contributed by atoms with Crippen molar-refractivity contribution in [3.8, 4) is 0 Å². The number of Topliss-reactive ketones (excluding diaryl/α,β-unsaturated/α-hetero) is 1. The summed E-state index contributed by atoms with van der Waals surface area (Å²) in [5.74, 6) is 2.14. The van der Waals surface area contributed by atoms with Gasteiger partial charge >= 0.3 is 0 Å². The lowest BCUT2D eigenvalue weighted by Crippen LogP contribution is -2.31. The van der Waals surface area contributed by atoms with E-state index in [9.17, 15) is 4.79 Å². The van der Waals surface area contributed by atoms with Gasteiger partial charge in [0.25, 0.3) is 0 Å². The van der Waals surface area contributed by atoms with Gasteiger partial charge in [-0.2, -0.15) is 11.8 Å². The van der Waals surface area contributed by atoms with Gasteiger partial charge in [0.1, 0.15) is 5.78 Å². The summed E-state index contributed by atoms with van der Waals surface area (Å²) in [5.41, 5.74) is 0. The van der Waals surface area contributed by atoms with Crippen LogP contribution in [0.3, 0.4) is 0 Å². The van der Waals surface area contributed by atoms with Crippen molar-refractivity contribution in [2.45, 2.75) is 12.5 Å². The van der Waals surface area contributed by atoms with Crippen molar-refractivity contribution in [1.29, 1.82) is 0 Å². The molecule has 0 amide bonds. The zero-order valence-electron chi connectivity index (χ0n) is 5.09. The number of carbonyl (C=O) groups is 1. The summed E-state index contributed by atoms with van der Waals surface area (Å²) >= 11 is 1.71. The van der Waals surface area contributed by atoms with Crippen molar-refractivity contribution >= 4 is 26.9 Å². The Bertz CT molecular complexity index is 120. The number of rotatable bonds is 1. The molecule has 4 heteroatoms. The highest BCUT2D eigenvalue weighted by atomic mass is 32.2. The standard InChI is InChI=1S/C5H10NOPS/c7-5-1-4(6-8)2-9-3-5/h4,6H,1-3,8H2/t4-/m0/s1. The van der Waals surface area contributed by atoms with E-state index in [1.165, 1.54) is 0 Å². The van der Waals surface area contributed by atoms with Crippen molar-refractivity contribution in [3.63, 3.8) is 0 Å². The summed E-state index contributed by atoms with van der Waals surface area (Å²) in [4.78, 5) is 10.8. The number of ketones is 1. The van der Waals surface area contributed by atoms with Gasteiger partial charge in [-0.05, 0) is 0 Å². The van der Waals surface area contributed by atoms with Gasteiger partial charge < -0.3 is 0 Å². The normalized spacial score (nSPS) is 28.6. The van der Waals surface area contributed by atoms with Crippen LogP contribution >= 0.6 is 21.2 Å². The summed E-state index contributed by atoms with van der Waals surface area (Å²) < 4.78 is 0. The predicted molar refractivity (Wildman–Crippen MR) is 43.6 cm³/mol. The molecule has 0 radical (unpaired) electrons. The molecule has 1 aliphatic rings. The summed E-state index contributed by atoms with van der Waals surface area (Å²) in [7, 11) is 2.45. The van der Waals surface area contributed by atoms with Gasteiger partial charge in [-0.3, -0.25) is 9.88 Å². The van der Waals surface area contributed by atoms with E-state index in [0.29, 0.717) is 24.0 Å². The minimum Gasteiger partial charge on any atom is -0.299 e. The molecule has 0 saturated carbocycles. The molecule has 1 N–H and O–H groups in total. The van der Waals surface area contributed by atoms with Gasteiger partial charge in [0.2, 0.25) is 0 Å². The van der Waals surface area contributed by atoms with E-state index in [-0.39, 0.29) is 0 Å². The highest BCUT2D eigenvalue weighted by molar-refractivity contribution is 8.00. The predicted octanol–water partition coefficient (Wildman–Crippen LogP) is 0.441. The van der Waals surface area contributed by atoms with E-state index >= 15 is 0 Å². The molecular weight excluding hydrogens is 153 g/mol. The molecule has 9 heavy (non-hydrogen) atoms. The Morgan fingerprint density at radius 3 is 3.00 bits per heavy atom. The van der Waals surface area contributed by atoms with Crippen LogP contribution in [-0.2, 0) is 4.79 Å². The van der Waals surface area contributed by atoms with Crippen molar-refractivity contribution in [2.75, 3.05) is 11.5 Å². The van der Waals surface area contributed by atoms with Crippen molar-refractivity contribution in [3.05, 3.63) is 0 Å². The van der Waals surface area contributed by atoms with Gasteiger partial charge in [0.15, 0.2) is 0 Å². The molecule has 52 valence electrons. The molecule has 1 fully saturated rings. The Morgan fingerprint density at radius 1 is 1.78 bits per heavy atom. The van der Waals surface area contributed by atoms with Crippen LogP contribution in [-0.4, -0.2) is 23.3 Å². The second-order valence-electron chi connectivity index (χ2n) is 2.12. The minimum absolute atomic E-state index is 0.367. The Kier molecular flexibility index (Phi) is 2.96. The Hall–Kier alpha value is 0.410. The summed E-state index contributed by atoms with van der Waals surface area (Å²) in [6.45, 7) is 0. The molecule has 2 nitrogen and oxygen atoms in total. The molecule has 0 aliphatic carbocycles. The first-order valence-electron chi connectivity index (χ1n) is 2.88. The van der Waals surface area contributed by atoms with Crippen LogP contribution < -0.4 is 5.09 Å². The maximum atomic E-state index is 10.8. The zero-order valence-corrected chi connectivity index (χ0v) is 7.06. The highest BCUT2D eigenvalue weighted by Crippen LogP contribution is 2.14. The molecular formula is C5H10NOPS. The largest absolute Gasteiger partial charge is 0.299 e. The Labute approximate surface area is 61.4 Å². The second kappa shape index (κ2) is 3.55. The van der Waals surface area contributed by atoms with Crippen LogP contribution in [0, 0.1) is 0 Å². The van der Waals surface area contributed by atoms with Crippen LogP contribution in [0.1, 0.15) is 6.42 Å². The lowest BCUT2D eigenvalue weighted by atomic mass is 10.2. The number of carbonyl (C=O) groups excluding carboxylic acids is 1. The molecule has 1 aliphatic heterocycles. The third kappa shape index (κ3) is 2.24. The quantitative estimate of drug-likeness (QED) is 0.569. The molecule has 2 atom stereocenters. The molecule has 1 heterocycles. The number of hydrogen-bond acceptors (Lipinski definition) is 3. The minimum atomic E-state index is 0.367. The average molecular weight is 163 g/mol. The van der Waals surface area contributed by atoms with Crippen LogP contribution in [0.15, 0.2) is 0 Å². The summed E-state index contributed by atoms with van der Waals surface area (Å²) in [5, 5.41) is 3.01. The fraction of sp³-hybridized carbons (Fsp3) is 0.800. The molecule has 1 rings (SSSR count). The van der Waals surface area contributed by atoms with E-state index in [1.807, 2.05) is 0 Å². The van der Waals surface area contributed by atoms with E-state index in [4.69, 9.17) is 0 Å². The van der Waals surface area contributed by atoms with E-state index in [1.54, 1.807) is 11.8 Å². The molecule has 1 unspecified atom stereocenters. The zero-order chi connectivity index (χ0) is 6.69. The number of thioether (sulfide) groups is 1. The fourth-order valence-electron chi connectivity index (χ4n) is 0.815. The van der Waals surface area contributed by atoms with Gasteiger partial charge in [-0.15, -0.1) is 0 Å². The van der Waals surface area contributed by atoms with Crippen molar-refractivity contribution < 1.29 is 4.79 Å². The Balaban J connectivity index is 2.32. The van der Waals surface area contributed by atoms with E-state index in [2.05, 4.69) is 14.5 Å². The molecule has 0 aromatic heterocycles. The third-order valence-corrected chi connectivity index (χ3v) is 2.93. The first-order valence-corrected chi connectivity index (χ1v) is 4.61. The Morgan fingerprint density at radius 2 is 2.56 bits per heavy atom. The van der Waals surface area contributed by atoms with Crippen molar-refractivity contribution in [2.24, 2.45) is 0 Å². The SMILES string of the molecule is O=C1CSC[C@@H](NP)C1. The third-order valence-electron chi connectivity index (χ3n) is 1.29.